The van der Waals surface area contributed by atoms with Gasteiger partial charge in [-0.2, -0.15) is 0 Å². The van der Waals surface area contributed by atoms with Gasteiger partial charge in [-0.3, -0.25) is 0 Å². The second-order valence-electron chi connectivity index (χ2n) is 7.05. The molecule has 2 N–H and O–H groups in total. The fourth-order valence-corrected chi connectivity index (χ4v) is 3.32. The Morgan fingerprint density at radius 3 is 2.42 bits per heavy atom. The Labute approximate surface area is 116 Å². The summed E-state index contributed by atoms with van der Waals surface area (Å²) in [4.78, 5) is 11.4. The first-order valence-electron chi connectivity index (χ1n) is 6.70. The zero-order valence-corrected chi connectivity index (χ0v) is 13.6. The lowest BCUT2D eigenvalue weighted by molar-refractivity contribution is -0.173. The van der Waals surface area contributed by atoms with Crippen molar-refractivity contribution in [2.45, 2.75) is 69.9 Å². The van der Waals surface area contributed by atoms with Crippen molar-refractivity contribution in [3.05, 3.63) is 12.2 Å². The van der Waals surface area contributed by atoms with Crippen LogP contribution in [0.5, 0.6) is 0 Å². The molecule has 1 fully saturated rings. The van der Waals surface area contributed by atoms with Crippen molar-refractivity contribution in [2.75, 3.05) is 0 Å². The predicted octanol–water partition coefficient (Wildman–Crippen LogP) is 2.93. The summed E-state index contributed by atoms with van der Waals surface area (Å²) < 4.78 is 6.14. The Morgan fingerprint density at radius 1 is 1.47 bits per heavy atom. The van der Waals surface area contributed by atoms with Crippen molar-refractivity contribution in [1.82, 2.24) is 0 Å². The minimum Gasteiger partial charge on any atom is -0.479 e. The summed E-state index contributed by atoms with van der Waals surface area (Å²) in [7, 11) is -2.12. The number of aliphatic hydroxyl groups is 1. The van der Waals surface area contributed by atoms with Gasteiger partial charge in [-0.25, -0.2) is 4.79 Å². The van der Waals surface area contributed by atoms with Crippen molar-refractivity contribution in [2.24, 2.45) is 0 Å². The zero-order valence-electron chi connectivity index (χ0n) is 12.6. The third-order valence-corrected chi connectivity index (χ3v) is 8.97. The molecule has 0 saturated heterocycles. The number of hydrogen-bond acceptors (Lipinski definition) is 3. The molecule has 2 unspecified atom stereocenters. The van der Waals surface area contributed by atoms with Crippen molar-refractivity contribution in [3.8, 4) is 0 Å². The molecule has 19 heavy (non-hydrogen) atoms. The van der Waals surface area contributed by atoms with Gasteiger partial charge in [0.05, 0.1) is 6.10 Å². The van der Waals surface area contributed by atoms with E-state index >= 15 is 0 Å². The topological polar surface area (TPSA) is 66.8 Å². The van der Waals surface area contributed by atoms with Crippen LogP contribution in [0, 0.1) is 0 Å². The maximum Gasteiger partial charge on any atom is 0.338 e. The van der Waals surface area contributed by atoms with Crippen LogP contribution in [0.25, 0.3) is 0 Å². The largest absolute Gasteiger partial charge is 0.479 e. The van der Waals surface area contributed by atoms with Gasteiger partial charge in [0.2, 0.25) is 0 Å². The Bertz CT molecular complexity index is 383. The monoisotopic (exact) mass is 286 g/mol. The first-order chi connectivity index (χ1) is 8.40. The average molecular weight is 286 g/mol. The Kier molecular flexibility index (Phi) is 4.35. The molecular formula is C14H26O4Si. The van der Waals surface area contributed by atoms with Crippen LogP contribution >= 0.6 is 0 Å². The molecule has 4 nitrogen and oxygen atoms in total. The van der Waals surface area contributed by atoms with Crippen molar-refractivity contribution in [1.29, 1.82) is 0 Å². The number of rotatable bonds is 3. The highest BCUT2D eigenvalue weighted by molar-refractivity contribution is 6.74. The molecule has 0 radical (unpaired) electrons. The molecule has 1 saturated carbocycles. The van der Waals surface area contributed by atoms with Crippen LogP contribution in [-0.4, -0.2) is 36.2 Å². The summed E-state index contributed by atoms with van der Waals surface area (Å²) in [6.45, 7) is 14.3. The molecule has 0 heterocycles. The van der Waals surface area contributed by atoms with Crippen LogP contribution in [0.2, 0.25) is 18.1 Å². The maximum absolute atomic E-state index is 11.4. The van der Waals surface area contributed by atoms with Gasteiger partial charge in [0, 0.05) is 0 Å². The van der Waals surface area contributed by atoms with E-state index in [0.717, 1.165) is 5.57 Å². The second-order valence-corrected chi connectivity index (χ2v) is 11.8. The summed E-state index contributed by atoms with van der Waals surface area (Å²) >= 11 is 0. The molecule has 110 valence electrons. The van der Waals surface area contributed by atoms with Gasteiger partial charge in [0.1, 0.15) is 0 Å². The number of hydrogen-bond donors (Lipinski definition) is 2. The second kappa shape index (κ2) is 5.03. The van der Waals surface area contributed by atoms with Gasteiger partial charge >= 0.3 is 5.97 Å². The van der Waals surface area contributed by atoms with E-state index in [4.69, 9.17) is 4.43 Å². The normalized spacial score (nSPS) is 29.4. The predicted molar refractivity (Wildman–Crippen MR) is 77.6 cm³/mol. The van der Waals surface area contributed by atoms with Gasteiger partial charge < -0.3 is 14.6 Å². The molecule has 0 aromatic carbocycles. The van der Waals surface area contributed by atoms with Crippen molar-refractivity contribution >= 4 is 14.3 Å². The summed E-state index contributed by atoms with van der Waals surface area (Å²) in [5.41, 5.74) is -0.828. The van der Waals surface area contributed by atoms with E-state index in [0.29, 0.717) is 12.8 Å². The van der Waals surface area contributed by atoms with Gasteiger partial charge in [0.25, 0.3) is 0 Å². The van der Waals surface area contributed by atoms with Crippen LogP contribution in [0.3, 0.4) is 0 Å². The Balaban J connectivity index is 3.00. The Morgan fingerprint density at radius 2 is 2.00 bits per heavy atom. The van der Waals surface area contributed by atoms with Gasteiger partial charge in [-0.05, 0) is 37.4 Å². The SMILES string of the molecule is C=C1CCC(O)(C(=O)O)C(O[Si](C)(C)C(C)(C)C)C1. The molecule has 1 aliphatic carbocycles. The number of carboxylic acid groups (broad SMARTS) is 1. The van der Waals surface area contributed by atoms with Gasteiger partial charge in [-0.15, -0.1) is 0 Å². The van der Waals surface area contributed by atoms with Gasteiger partial charge in [-0.1, -0.05) is 32.9 Å². The summed E-state index contributed by atoms with van der Waals surface area (Å²) in [6.07, 6.45) is 0.461. The molecule has 2 atom stereocenters. The van der Waals surface area contributed by atoms with Crippen molar-refractivity contribution < 1.29 is 19.4 Å². The zero-order chi connectivity index (χ0) is 15.1. The fourth-order valence-electron chi connectivity index (χ4n) is 1.98. The van der Waals surface area contributed by atoms with E-state index < -0.39 is 26.0 Å². The molecule has 0 amide bonds. The van der Waals surface area contributed by atoms with Crippen LogP contribution in [-0.2, 0) is 9.22 Å². The standard InChI is InChI=1S/C14H26O4Si/c1-10-7-8-14(17,12(15)16)11(9-10)18-19(5,6)13(2,3)4/h11,17H,1,7-9H2,2-6H3,(H,15,16). The molecule has 0 bridgehead atoms. The fraction of sp³-hybridized carbons (Fsp3) is 0.786. The molecule has 0 aromatic heterocycles. The van der Waals surface area contributed by atoms with Crippen molar-refractivity contribution in [3.63, 3.8) is 0 Å². The highest BCUT2D eigenvalue weighted by Crippen LogP contribution is 2.42. The molecule has 0 aromatic rings. The number of carbonyl (C=O) groups is 1. The smallest absolute Gasteiger partial charge is 0.338 e. The van der Waals surface area contributed by atoms with E-state index in [1.165, 1.54) is 0 Å². The van der Waals surface area contributed by atoms with E-state index in [9.17, 15) is 15.0 Å². The number of carboxylic acids is 1. The molecule has 5 heteroatoms. The van der Waals surface area contributed by atoms with E-state index in [-0.39, 0.29) is 11.5 Å². The van der Waals surface area contributed by atoms with Crippen LogP contribution in [0.4, 0.5) is 0 Å². The first kappa shape index (κ1) is 16.4. The molecule has 1 rings (SSSR count). The molecular weight excluding hydrogens is 260 g/mol. The highest BCUT2D eigenvalue weighted by Gasteiger charge is 2.51. The quantitative estimate of drug-likeness (QED) is 0.618. The van der Waals surface area contributed by atoms with E-state index in [2.05, 4.69) is 40.4 Å². The average Bonchev–Trinajstić information content (AvgIpc) is 2.21. The molecule has 0 aliphatic heterocycles. The lowest BCUT2D eigenvalue weighted by Crippen LogP contribution is -2.57. The first-order valence-corrected chi connectivity index (χ1v) is 9.61. The van der Waals surface area contributed by atoms with Crippen LogP contribution in [0.15, 0.2) is 12.2 Å². The number of aliphatic carboxylic acids is 1. The van der Waals surface area contributed by atoms with Crippen LogP contribution < -0.4 is 0 Å². The summed E-state index contributed by atoms with van der Waals surface area (Å²) in [5.74, 6) is -1.19. The minimum atomic E-state index is -2.12. The molecule has 1 aliphatic rings. The van der Waals surface area contributed by atoms with E-state index in [1.807, 2.05) is 0 Å². The third kappa shape index (κ3) is 3.27. The van der Waals surface area contributed by atoms with Gasteiger partial charge in [0.15, 0.2) is 13.9 Å². The third-order valence-electron chi connectivity index (χ3n) is 4.48. The Hall–Kier alpha value is -0.653. The minimum absolute atomic E-state index is 0.0226. The van der Waals surface area contributed by atoms with Crippen LogP contribution in [0.1, 0.15) is 40.0 Å². The molecule has 0 spiro atoms. The lowest BCUT2D eigenvalue weighted by Gasteiger charge is -2.45. The van der Waals surface area contributed by atoms with E-state index in [1.54, 1.807) is 0 Å². The highest BCUT2D eigenvalue weighted by atomic mass is 28.4. The lowest BCUT2D eigenvalue weighted by atomic mass is 9.80. The maximum atomic E-state index is 11.4. The summed E-state index contributed by atoms with van der Waals surface area (Å²) in [5, 5.41) is 19.7. The summed E-state index contributed by atoms with van der Waals surface area (Å²) in [6, 6.07) is 0.